The molecule has 7 heteroatoms. The van der Waals surface area contributed by atoms with Crippen molar-refractivity contribution in [2.45, 2.75) is 19.4 Å². The van der Waals surface area contributed by atoms with Gasteiger partial charge in [0.2, 0.25) is 0 Å². The van der Waals surface area contributed by atoms with Gasteiger partial charge >= 0.3 is 12.2 Å². The van der Waals surface area contributed by atoms with E-state index in [4.69, 9.17) is 15.2 Å². The molecule has 3 N–H and O–H groups in total. The number of rotatable bonds is 4. The Morgan fingerprint density at radius 3 is 2.83 bits per heavy atom. The summed E-state index contributed by atoms with van der Waals surface area (Å²) in [6, 6.07) is 8.09. The van der Waals surface area contributed by atoms with E-state index < -0.39 is 18.3 Å². The maximum Gasteiger partial charge on any atom is 0.407 e. The molecule has 0 saturated carbocycles. The first-order chi connectivity index (χ1) is 11.5. The lowest BCUT2D eigenvalue weighted by Crippen LogP contribution is -2.27. The number of fused-ring (bicyclic) bond motifs is 3. The fourth-order valence-corrected chi connectivity index (χ4v) is 3.13. The van der Waals surface area contributed by atoms with Gasteiger partial charge in [-0.1, -0.05) is 18.2 Å². The third kappa shape index (κ3) is 2.80. The monoisotopic (exact) mass is 329 g/mol. The van der Waals surface area contributed by atoms with Crippen LogP contribution in [0.5, 0.6) is 0 Å². The molecule has 1 unspecified atom stereocenters. The first kappa shape index (κ1) is 15.9. The number of nitrogens with two attached hydrogens (primary N) is 1. The highest BCUT2D eigenvalue weighted by Gasteiger charge is 2.30. The first-order valence-electron chi connectivity index (χ1n) is 7.61. The molecular formula is C17H19N3O4. The zero-order valence-electron chi connectivity index (χ0n) is 13.5. The van der Waals surface area contributed by atoms with Crippen molar-refractivity contribution in [1.29, 1.82) is 0 Å². The molecule has 1 aliphatic heterocycles. The van der Waals surface area contributed by atoms with Gasteiger partial charge in [-0.3, -0.25) is 0 Å². The van der Waals surface area contributed by atoms with E-state index in [1.807, 2.05) is 31.3 Å². The van der Waals surface area contributed by atoms with Crippen LogP contribution in [0.1, 0.15) is 28.5 Å². The summed E-state index contributed by atoms with van der Waals surface area (Å²) in [4.78, 5) is 22.6. The number of amides is 2. The Morgan fingerprint density at radius 1 is 1.38 bits per heavy atom. The molecule has 7 nitrogen and oxygen atoms in total. The van der Waals surface area contributed by atoms with Crippen LogP contribution in [0.4, 0.5) is 9.59 Å². The summed E-state index contributed by atoms with van der Waals surface area (Å²) < 4.78 is 12.4. The van der Waals surface area contributed by atoms with Crippen molar-refractivity contribution in [1.82, 2.24) is 9.88 Å². The number of hydrogen-bond acceptors (Lipinski definition) is 4. The molecule has 2 aromatic rings. The molecule has 0 aliphatic carbocycles. The summed E-state index contributed by atoms with van der Waals surface area (Å²) in [6.45, 7) is 1.81. The van der Waals surface area contributed by atoms with Gasteiger partial charge in [0, 0.05) is 36.6 Å². The third-order valence-electron chi connectivity index (χ3n) is 4.11. The minimum absolute atomic E-state index is 0.128. The number of nitrogens with zero attached hydrogens (tertiary/aromatic N) is 1. The van der Waals surface area contributed by atoms with Crippen LogP contribution in [0.3, 0.4) is 0 Å². The molecular weight excluding hydrogens is 310 g/mol. The second kappa shape index (κ2) is 6.27. The molecule has 3 rings (SSSR count). The first-order valence-corrected chi connectivity index (χ1v) is 7.61. The normalized spacial score (nSPS) is 12.9. The number of para-hydroxylation sites is 1. The van der Waals surface area contributed by atoms with Crippen LogP contribution in [0.15, 0.2) is 30.5 Å². The largest absolute Gasteiger partial charge is 0.445 e. The zero-order valence-corrected chi connectivity index (χ0v) is 13.5. The molecule has 0 fully saturated rings. The predicted molar refractivity (Wildman–Crippen MR) is 87.1 cm³/mol. The lowest BCUT2D eigenvalue weighted by atomic mass is 10.0. The number of carbonyl (C=O) groups excluding carboxylic acids is 2. The van der Waals surface area contributed by atoms with Gasteiger partial charge < -0.3 is 25.1 Å². The number of alkyl carbamates (subject to hydrolysis) is 1. The van der Waals surface area contributed by atoms with Crippen LogP contribution < -0.4 is 11.1 Å². The van der Waals surface area contributed by atoms with Crippen molar-refractivity contribution in [2.24, 2.45) is 5.73 Å². The van der Waals surface area contributed by atoms with E-state index in [2.05, 4.69) is 16.0 Å². The number of hydrogen-bond donors (Lipinski definition) is 2. The van der Waals surface area contributed by atoms with Gasteiger partial charge in [0.15, 0.2) is 6.10 Å². The van der Waals surface area contributed by atoms with E-state index >= 15 is 0 Å². The molecule has 1 aromatic carbocycles. The highest BCUT2D eigenvalue weighted by atomic mass is 16.6. The zero-order chi connectivity index (χ0) is 17.3. The molecule has 1 atom stereocenters. The summed E-state index contributed by atoms with van der Waals surface area (Å²) in [5.74, 6) is 0. The molecule has 1 aromatic heterocycles. The van der Waals surface area contributed by atoms with Crippen LogP contribution in [-0.2, 0) is 15.9 Å². The standard InChI is InChI=1S/C17H19N3O4/c1-10-8-20-12-6-4-3-5-11(12)7-13(20)15(10)14(9-23-16(18)21)24-17(22)19-2/h3-6,8,14H,7,9H2,1-2H3,(H2,18,21)(H,19,22). The van der Waals surface area contributed by atoms with Crippen LogP contribution >= 0.6 is 0 Å². The van der Waals surface area contributed by atoms with Gasteiger partial charge in [0.1, 0.15) is 6.61 Å². The van der Waals surface area contributed by atoms with E-state index in [-0.39, 0.29) is 6.61 Å². The summed E-state index contributed by atoms with van der Waals surface area (Å²) in [5.41, 5.74) is 10.2. The minimum Gasteiger partial charge on any atom is -0.445 e. The number of ether oxygens (including phenoxy) is 2. The van der Waals surface area contributed by atoms with Crippen molar-refractivity contribution in [3.8, 4) is 5.69 Å². The van der Waals surface area contributed by atoms with Crippen LogP contribution in [0, 0.1) is 6.92 Å². The van der Waals surface area contributed by atoms with Crippen molar-refractivity contribution in [3.63, 3.8) is 0 Å². The van der Waals surface area contributed by atoms with E-state index in [9.17, 15) is 9.59 Å². The van der Waals surface area contributed by atoms with Crippen molar-refractivity contribution in [3.05, 3.63) is 52.8 Å². The third-order valence-corrected chi connectivity index (χ3v) is 4.11. The molecule has 1 aliphatic rings. The highest BCUT2D eigenvalue weighted by molar-refractivity contribution is 5.68. The van der Waals surface area contributed by atoms with Gasteiger partial charge in [-0.25, -0.2) is 9.59 Å². The molecule has 0 bridgehead atoms. The fourth-order valence-electron chi connectivity index (χ4n) is 3.13. The smallest absolute Gasteiger partial charge is 0.407 e. The Kier molecular flexibility index (Phi) is 4.16. The number of primary amides is 1. The Hall–Kier alpha value is -2.96. The molecule has 0 saturated heterocycles. The number of aryl methyl sites for hydroxylation is 1. The van der Waals surface area contributed by atoms with Gasteiger partial charge in [0.05, 0.1) is 0 Å². The summed E-state index contributed by atoms with van der Waals surface area (Å²) in [6.07, 6.45) is 0.507. The maximum absolute atomic E-state index is 11.7. The molecule has 2 heterocycles. The van der Waals surface area contributed by atoms with Gasteiger partial charge in [0.25, 0.3) is 0 Å². The highest BCUT2D eigenvalue weighted by Crippen LogP contribution is 2.36. The Morgan fingerprint density at radius 2 is 2.12 bits per heavy atom. The van der Waals surface area contributed by atoms with Crippen LogP contribution in [0.25, 0.3) is 5.69 Å². The second-order valence-electron chi connectivity index (χ2n) is 5.62. The van der Waals surface area contributed by atoms with Crippen molar-refractivity contribution >= 4 is 12.2 Å². The predicted octanol–water partition coefficient (Wildman–Crippen LogP) is 2.18. The van der Waals surface area contributed by atoms with Crippen molar-refractivity contribution < 1.29 is 19.1 Å². The van der Waals surface area contributed by atoms with Gasteiger partial charge in [-0.05, 0) is 24.1 Å². The minimum atomic E-state index is -0.905. The molecule has 0 radical (unpaired) electrons. The van der Waals surface area contributed by atoms with Gasteiger partial charge in [-0.15, -0.1) is 0 Å². The van der Waals surface area contributed by atoms with Crippen LogP contribution in [-0.4, -0.2) is 30.4 Å². The maximum atomic E-state index is 11.7. The Bertz CT molecular complexity index is 797. The quantitative estimate of drug-likeness (QED) is 0.767. The fraction of sp³-hybridized carbons (Fsp3) is 0.294. The number of aromatic nitrogens is 1. The second-order valence-corrected chi connectivity index (χ2v) is 5.62. The van der Waals surface area contributed by atoms with E-state index in [1.165, 1.54) is 12.6 Å². The average molecular weight is 329 g/mol. The van der Waals surface area contributed by atoms with Crippen LogP contribution in [0.2, 0.25) is 0 Å². The molecule has 2 amide bonds. The van der Waals surface area contributed by atoms with E-state index in [0.717, 1.165) is 28.9 Å². The lowest BCUT2D eigenvalue weighted by Gasteiger charge is -2.19. The molecule has 24 heavy (non-hydrogen) atoms. The number of benzene rings is 1. The molecule has 0 spiro atoms. The average Bonchev–Trinajstić information content (AvgIpc) is 3.06. The lowest BCUT2D eigenvalue weighted by molar-refractivity contribution is 0.0467. The number of carbonyl (C=O) groups is 2. The Balaban J connectivity index is 1.98. The SMILES string of the molecule is CNC(=O)OC(COC(N)=O)c1c(C)cn2c1Cc1ccccc1-2. The summed E-state index contributed by atoms with van der Waals surface area (Å²) in [5, 5.41) is 2.41. The molecule has 126 valence electrons. The summed E-state index contributed by atoms with van der Waals surface area (Å²) in [7, 11) is 1.47. The topological polar surface area (TPSA) is 95.6 Å². The number of nitrogens with one attached hydrogen (secondary N) is 1. The van der Waals surface area contributed by atoms with Crippen molar-refractivity contribution in [2.75, 3.05) is 13.7 Å². The summed E-state index contributed by atoms with van der Waals surface area (Å²) >= 11 is 0. The van der Waals surface area contributed by atoms with E-state index in [0.29, 0.717) is 0 Å². The van der Waals surface area contributed by atoms with Gasteiger partial charge in [-0.2, -0.15) is 0 Å². The Labute approximate surface area is 139 Å². The van der Waals surface area contributed by atoms with E-state index in [1.54, 1.807) is 0 Å².